The van der Waals surface area contributed by atoms with Gasteiger partial charge in [0.05, 0.1) is 27.7 Å². The molecule has 4 rings (SSSR count). The van der Waals surface area contributed by atoms with Crippen LogP contribution in [0, 0.1) is 6.92 Å². The number of aryl methyl sites for hydroxylation is 1. The molecule has 0 radical (unpaired) electrons. The molecule has 0 amide bonds. The Morgan fingerprint density at radius 2 is 1.82 bits per heavy atom. The predicted molar refractivity (Wildman–Crippen MR) is 133 cm³/mol. The van der Waals surface area contributed by atoms with Gasteiger partial charge in [0.1, 0.15) is 12.4 Å². The number of hydrogen-bond donors (Lipinski definition) is 1. The molecule has 0 aliphatic heterocycles. The lowest BCUT2D eigenvalue weighted by Crippen LogP contribution is -2.36. The number of benzene rings is 3. The molecule has 0 saturated carbocycles. The van der Waals surface area contributed by atoms with E-state index >= 15 is 0 Å². The molecular weight excluding hydrogens is 480 g/mol. The lowest BCUT2D eigenvalue weighted by atomic mass is 10.2. The van der Waals surface area contributed by atoms with Gasteiger partial charge < -0.3 is 4.74 Å². The van der Waals surface area contributed by atoms with Gasteiger partial charge in [-0.2, -0.15) is 0 Å². The normalized spacial score (nSPS) is 12.7. The first-order valence-corrected chi connectivity index (χ1v) is 13.0. The second-order valence-electron chi connectivity index (χ2n) is 7.77. The first-order valence-electron chi connectivity index (χ1n) is 10.3. The van der Waals surface area contributed by atoms with Crippen molar-refractivity contribution in [3.63, 3.8) is 0 Å². The Hall–Kier alpha value is -2.65. The monoisotopic (exact) mass is 502 g/mol. The minimum absolute atomic E-state index is 0.101. The van der Waals surface area contributed by atoms with Crippen LogP contribution in [0.15, 0.2) is 76.4 Å². The minimum Gasteiger partial charge on any atom is -0.492 e. The quantitative estimate of drug-likeness (QED) is 0.375. The van der Waals surface area contributed by atoms with Crippen LogP contribution in [0.2, 0.25) is 5.02 Å². The van der Waals surface area contributed by atoms with Crippen molar-refractivity contribution in [1.29, 1.82) is 0 Å². The minimum atomic E-state index is -3.79. The largest absolute Gasteiger partial charge is 0.492 e. The van der Waals surface area contributed by atoms with Gasteiger partial charge in [0.15, 0.2) is 0 Å². The van der Waals surface area contributed by atoms with E-state index < -0.39 is 16.1 Å². The SMILES string of the molecule is Cc1ccccc1OC[C@@H](C)NS(=O)(=O)c1ccc2c(c1)sc(=O)n2Cc1ccccc1Cl. The number of rotatable bonds is 8. The van der Waals surface area contributed by atoms with Crippen molar-refractivity contribution < 1.29 is 13.2 Å². The summed E-state index contributed by atoms with van der Waals surface area (Å²) in [5, 5.41) is 0.578. The van der Waals surface area contributed by atoms with Gasteiger partial charge in [-0.1, -0.05) is 59.3 Å². The number of ether oxygens (including phenoxy) is 1. The fraction of sp³-hybridized carbons (Fsp3) is 0.208. The highest BCUT2D eigenvalue weighted by Gasteiger charge is 2.20. The van der Waals surface area contributed by atoms with Crippen molar-refractivity contribution in [1.82, 2.24) is 9.29 Å². The van der Waals surface area contributed by atoms with Gasteiger partial charge in [-0.15, -0.1) is 0 Å². The summed E-state index contributed by atoms with van der Waals surface area (Å²) in [6.45, 7) is 4.18. The fourth-order valence-electron chi connectivity index (χ4n) is 3.46. The van der Waals surface area contributed by atoms with Gasteiger partial charge in [-0.05, 0) is 55.3 Å². The summed E-state index contributed by atoms with van der Waals surface area (Å²) >= 11 is 7.25. The van der Waals surface area contributed by atoms with E-state index in [9.17, 15) is 13.2 Å². The number of thiazole rings is 1. The Morgan fingerprint density at radius 3 is 2.58 bits per heavy atom. The molecule has 33 heavy (non-hydrogen) atoms. The third-order valence-corrected chi connectivity index (χ3v) is 8.07. The Kier molecular flexibility index (Phi) is 6.90. The Labute approximate surface area is 201 Å². The van der Waals surface area contributed by atoms with Gasteiger partial charge >= 0.3 is 4.87 Å². The van der Waals surface area contributed by atoms with Crippen molar-refractivity contribution in [2.75, 3.05) is 6.61 Å². The van der Waals surface area contributed by atoms with Crippen LogP contribution in [-0.4, -0.2) is 25.6 Å². The number of para-hydroxylation sites is 1. The van der Waals surface area contributed by atoms with Crippen LogP contribution in [0.1, 0.15) is 18.1 Å². The van der Waals surface area contributed by atoms with E-state index in [0.29, 0.717) is 21.8 Å². The molecule has 0 aliphatic rings. The summed E-state index contributed by atoms with van der Waals surface area (Å²) < 4.78 is 36.5. The molecule has 9 heteroatoms. The van der Waals surface area contributed by atoms with Gasteiger partial charge in [-0.3, -0.25) is 9.36 Å². The zero-order chi connectivity index (χ0) is 23.6. The Balaban J connectivity index is 1.52. The van der Waals surface area contributed by atoms with Gasteiger partial charge in [0, 0.05) is 5.02 Å². The summed E-state index contributed by atoms with van der Waals surface area (Å²) in [5.41, 5.74) is 2.47. The predicted octanol–water partition coefficient (Wildman–Crippen LogP) is 4.82. The lowest BCUT2D eigenvalue weighted by molar-refractivity contribution is 0.286. The number of sulfonamides is 1. The summed E-state index contributed by atoms with van der Waals surface area (Å²) in [6.07, 6.45) is 0. The van der Waals surface area contributed by atoms with E-state index in [0.717, 1.165) is 28.2 Å². The molecule has 0 bridgehead atoms. The molecule has 0 saturated heterocycles. The molecule has 172 valence electrons. The molecule has 6 nitrogen and oxygen atoms in total. The molecule has 1 heterocycles. The molecule has 4 aromatic rings. The maximum absolute atomic E-state index is 12.9. The number of nitrogens with one attached hydrogen (secondary N) is 1. The zero-order valence-corrected chi connectivity index (χ0v) is 20.5. The van der Waals surface area contributed by atoms with Crippen LogP contribution in [0.25, 0.3) is 10.2 Å². The number of hydrogen-bond acceptors (Lipinski definition) is 5. The van der Waals surface area contributed by atoms with Crippen LogP contribution in [-0.2, 0) is 16.6 Å². The Morgan fingerprint density at radius 1 is 1.09 bits per heavy atom. The van der Waals surface area contributed by atoms with Gasteiger partial charge in [-0.25, -0.2) is 13.1 Å². The molecule has 1 N–H and O–H groups in total. The number of aromatic nitrogens is 1. The Bertz CT molecular complexity index is 1460. The molecule has 0 unspecified atom stereocenters. The third-order valence-electron chi connectivity index (χ3n) is 5.18. The van der Waals surface area contributed by atoms with Crippen LogP contribution in [0.3, 0.4) is 0 Å². The highest BCUT2D eigenvalue weighted by Crippen LogP contribution is 2.24. The van der Waals surface area contributed by atoms with Crippen LogP contribution < -0.4 is 14.3 Å². The molecular formula is C24H23ClN2O4S2. The molecule has 1 atom stereocenters. The maximum Gasteiger partial charge on any atom is 0.308 e. The summed E-state index contributed by atoms with van der Waals surface area (Å²) in [7, 11) is -3.79. The zero-order valence-electron chi connectivity index (χ0n) is 18.1. The average Bonchev–Trinajstić information content (AvgIpc) is 3.08. The molecule has 1 aromatic heterocycles. The van der Waals surface area contributed by atoms with E-state index in [1.807, 2.05) is 49.4 Å². The fourth-order valence-corrected chi connectivity index (χ4v) is 5.91. The molecule has 0 spiro atoms. The topological polar surface area (TPSA) is 77.4 Å². The lowest BCUT2D eigenvalue weighted by Gasteiger charge is -2.16. The van der Waals surface area contributed by atoms with Crippen molar-refractivity contribution in [2.24, 2.45) is 0 Å². The maximum atomic E-state index is 12.9. The first kappa shape index (κ1) is 23.5. The van der Waals surface area contributed by atoms with Crippen LogP contribution in [0.5, 0.6) is 5.75 Å². The van der Waals surface area contributed by atoms with E-state index in [4.69, 9.17) is 16.3 Å². The van der Waals surface area contributed by atoms with E-state index in [1.165, 1.54) is 12.1 Å². The van der Waals surface area contributed by atoms with E-state index in [2.05, 4.69) is 4.72 Å². The third kappa shape index (κ3) is 5.30. The van der Waals surface area contributed by atoms with Crippen LogP contribution >= 0.6 is 22.9 Å². The highest BCUT2D eigenvalue weighted by molar-refractivity contribution is 7.89. The van der Waals surface area contributed by atoms with Gasteiger partial charge in [0.25, 0.3) is 0 Å². The second-order valence-corrected chi connectivity index (χ2v) is 10.9. The highest BCUT2D eigenvalue weighted by atomic mass is 35.5. The second kappa shape index (κ2) is 9.69. The van der Waals surface area contributed by atoms with E-state index in [1.54, 1.807) is 23.6 Å². The molecule has 0 fully saturated rings. The van der Waals surface area contributed by atoms with Gasteiger partial charge in [0.2, 0.25) is 10.0 Å². The summed E-state index contributed by atoms with van der Waals surface area (Å²) in [4.78, 5) is 12.5. The first-order chi connectivity index (χ1) is 15.7. The van der Waals surface area contributed by atoms with Crippen LogP contribution in [0.4, 0.5) is 0 Å². The molecule has 0 aliphatic carbocycles. The summed E-state index contributed by atoms with van der Waals surface area (Å²) in [6, 6.07) is 19.1. The average molecular weight is 503 g/mol. The number of fused-ring (bicyclic) bond motifs is 1. The van der Waals surface area contributed by atoms with Crippen molar-refractivity contribution in [3.8, 4) is 5.75 Å². The van der Waals surface area contributed by atoms with E-state index in [-0.39, 0.29) is 16.4 Å². The van der Waals surface area contributed by atoms with Crippen molar-refractivity contribution in [3.05, 3.63) is 92.5 Å². The number of nitrogens with zero attached hydrogens (tertiary/aromatic N) is 1. The van der Waals surface area contributed by atoms with Crippen molar-refractivity contribution in [2.45, 2.75) is 31.3 Å². The van der Waals surface area contributed by atoms with Crippen molar-refractivity contribution >= 4 is 43.2 Å². The molecule has 3 aromatic carbocycles. The standard InChI is InChI=1S/C24H23ClN2O4S2/c1-16-7-3-6-10-22(16)31-15-17(2)26-33(29,30)19-11-12-21-23(13-19)32-24(28)27(21)14-18-8-4-5-9-20(18)25/h3-13,17,26H,14-15H2,1-2H3/t17-/m1/s1. The smallest absolute Gasteiger partial charge is 0.308 e. The number of halogens is 1. The summed E-state index contributed by atoms with van der Waals surface area (Å²) in [5.74, 6) is 0.717.